The zero-order valence-corrected chi connectivity index (χ0v) is 18.6. The van der Waals surface area contributed by atoms with Crippen LogP contribution in [0.15, 0.2) is 30.3 Å². The van der Waals surface area contributed by atoms with Crippen molar-refractivity contribution in [2.75, 3.05) is 12.3 Å². The van der Waals surface area contributed by atoms with Gasteiger partial charge in [0, 0.05) is 12.3 Å². The van der Waals surface area contributed by atoms with Gasteiger partial charge in [0.05, 0.1) is 11.4 Å². The van der Waals surface area contributed by atoms with Crippen LogP contribution in [0, 0.1) is 5.92 Å². The predicted molar refractivity (Wildman–Crippen MR) is 119 cm³/mol. The van der Waals surface area contributed by atoms with Gasteiger partial charge in [-0.1, -0.05) is 63.9 Å². The van der Waals surface area contributed by atoms with E-state index in [1.165, 1.54) is 0 Å². The molecule has 1 saturated heterocycles. The third-order valence-corrected chi connectivity index (χ3v) is 6.13. The number of alkyl carbamates (subject to hydrolysis) is 1. The minimum atomic E-state index is -0.603. The summed E-state index contributed by atoms with van der Waals surface area (Å²) in [6, 6.07) is 8.97. The fourth-order valence-corrected chi connectivity index (χ4v) is 4.48. The van der Waals surface area contributed by atoms with Crippen LogP contribution in [0.2, 0.25) is 0 Å². The normalized spacial score (nSPS) is 18.3. The predicted octanol–water partition coefficient (Wildman–Crippen LogP) is 3.67. The molecule has 3 N–H and O–H groups in total. The number of carbonyl (C=O) groups excluding carboxylic acids is 2. The zero-order valence-electron chi connectivity index (χ0n) is 17.8. The number of thioether (sulfide) groups is 1. The van der Waals surface area contributed by atoms with Crippen LogP contribution in [-0.2, 0) is 16.1 Å². The van der Waals surface area contributed by atoms with Crippen molar-refractivity contribution in [1.29, 1.82) is 0 Å². The molecule has 1 aromatic carbocycles. The van der Waals surface area contributed by atoms with Gasteiger partial charge in [0.1, 0.15) is 12.6 Å². The van der Waals surface area contributed by atoms with Crippen LogP contribution in [0.1, 0.15) is 52.0 Å². The van der Waals surface area contributed by atoms with E-state index in [1.807, 2.05) is 55.9 Å². The van der Waals surface area contributed by atoms with E-state index < -0.39 is 12.1 Å². The average molecular weight is 422 g/mol. The second-order valence-electron chi connectivity index (χ2n) is 7.89. The molecule has 3 atom stereocenters. The highest BCUT2D eigenvalue weighted by Crippen LogP contribution is 2.21. The molecule has 2 amide bonds. The van der Waals surface area contributed by atoms with Crippen molar-refractivity contribution in [2.45, 2.75) is 70.5 Å². The molecule has 1 fully saturated rings. The van der Waals surface area contributed by atoms with Crippen LogP contribution in [0.5, 0.6) is 0 Å². The number of nitrogens with one attached hydrogen (secondary N) is 3. The van der Waals surface area contributed by atoms with Crippen molar-refractivity contribution in [3.05, 3.63) is 35.9 Å². The summed E-state index contributed by atoms with van der Waals surface area (Å²) in [5, 5.41) is 9.65. The number of benzene rings is 1. The lowest BCUT2D eigenvalue weighted by Crippen LogP contribution is -2.54. The van der Waals surface area contributed by atoms with Crippen LogP contribution >= 0.6 is 11.8 Å². The number of hydrogen-bond acceptors (Lipinski definition) is 5. The maximum absolute atomic E-state index is 13.0. The number of unbranched alkanes of at least 4 members (excludes halogenated alkanes) is 1. The van der Waals surface area contributed by atoms with Crippen molar-refractivity contribution < 1.29 is 14.3 Å². The van der Waals surface area contributed by atoms with E-state index in [9.17, 15) is 9.59 Å². The zero-order chi connectivity index (χ0) is 21.1. The number of rotatable bonds is 11. The van der Waals surface area contributed by atoms with Crippen LogP contribution in [0.25, 0.3) is 0 Å². The molecule has 0 bridgehead atoms. The molecule has 2 rings (SSSR count). The highest BCUT2D eigenvalue weighted by molar-refractivity contribution is 8.00. The summed E-state index contributed by atoms with van der Waals surface area (Å²) in [6.07, 6.45) is 3.08. The lowest BCUT2D eigenvalue weighted by molar-refractivity contribution is -0.124. The summed E-state index contributed by atoms with van der Waals surface area (Å²) in [5.41, 5.74) is 0.913. The van der Waals surface area contributed by atoms with Crippen molar-refractivity contribution in [3.63, 3.8) is 0 Å². The third-order valence-electron chi connectivity index (χ3n) is 4.84. The van der Waals surface area contributed by atoms with E-state index in [1.54, 1.807) is 0 Å². The van der Waals surface area contributed by atoms with Crippen LogP contribution in [-0.4, -0.2) is 41.8 Å². The van der Waals surface area contributed by atoms with Crippen LogP contribution in [0.4, 0.5) is 4.79 Å². The lowest BCUT2D eigenvalue weighted by Gasteiger charge is -2.27. The van der Waals surface area contributed by atoms with Crippen molar-refractivity contribution in [1.82, 2.24) is 16.0 Å². The van der Waals surface area contributed by atoms with Crippen LogP contribution < -0.4 is 16.0 Å². The summed E-state index contributed by atoms with van der Waals surface area (Å²) in [7, 11) is 0. The number of ether oxygens (including phenoxy) is 1. The molecule has 0 aliphatic carbocycles. The highest BCUT2D eigenvalue weighted by atomic mass is 32.2. The van der Waals surface area contributed by atoms with Gasteiger partial charge >= 0.3 is 6.09 Å². The molecule has 0 radical (unpaired) electrons. The second kappa shape index (κ2) is 12.8. The van der Waals surface area contributed by atoms with Gasteiger partial charge < -0.3 is 20.7 Å². The van der Waals surface area contributed by atoms with Crippen molar-refractivity contribution in [3.8, 4) is 0 Å². The Morgan fingerprint density at radius 3 is 2.62 bits per heavy atom. The first kappa shape index (κ1) is 23.5. The minimum Gasteiger partial charge on any atom is -0.445 e. The number of hydrogen-bond donors (Lipinski definition) is 3. The Hall–Kier alpha value is -1.73. The monoisotopic (exact) mass is 421 g/mol. The van der Waals surface area contributed by atoms with Gasteiger partial charge in [0.25, 0.3) is 0 Å². The van der Waals surface area contributed by atoms with Crippen molar-refractivity contribution in [2.24, 2.45) is 5.92 Å². The van der Waals surface area contributed by atoms with E-state index in [2.05, 4.69) is 22.9 Å². The molecule has 6 nitrogen and oxygen atoms in total. The van der Waals surface area contributed by atoms with Gasteiger partial charge in [-0.15, -0.1) is 11.8 Å². The summed E-state index contributed by atoms with van der Waals surface area (Å²) in [6.45, 7) is 7.39. The Labute approximate surface area is 178 Å². The Bertz CT molecular complexity index is 621. The lowest BCUT2D eigenvalue weighted by atomic mass is 10.0. The van der Waals surface area contributed by atoms with E-state index in [0.717, 1.165) is 37.1 Å². The molecule has 162 valence electrons. The Morgan fingerprint density at radius 2 is 2.00 bits per heavy atom. The van der Waals surface area contributed by atoms with Gasteiger partial charge in [0.2, 0.25) is 5.91 Å². The van der Waals surface area contributed by atoms with Gasteiger partial charge in [-0.25, -0.2) is 4.79 Å². The molecular formula is C22H35N3O3S. The van der Waals surface area contributed by atoms with Gasteiger partial charge in [-0.2, -0.15) is 0 Å². The topological polar surface area (TPSA) is 79.5 Å². The van der Waals surface area contributed by atoms with Crippen molar-refractivity contribution >= 4 is 23.8 Å². The molecule has 7 heteroatoms. The first-order chi connectivity index (χ1) is 14.0. The maximum atomic E-state index is 13.0. The maximum Gasteiger partial charge on any atom is 0.408 e. The molecule has 29 heavy (non-hydrogen) atoms. The molecular weight excluding hydrogens is 386 g/mol. The molecule has 1 aliphatic rings. The Morgan fingerprint density at radius 1 is 1.24 bits per heavy atom. The van der Waals surface area contributed by atoms with E-state index in [0.29, 0.717) is 6.42 Å². The molecule has 1 heterocycles. The third kappa shape index (κ3) is 8.66. The summed E-state index contributed by atoms with van der Waals surface area (Å²) >= 11 is 1.85. The smallest absolute Gasteiger partial charge is 0.408 e. The van der Waals surface area contributed by atoms with Gasteiger partial charge in [-0.05, 0) is 24.3 Å². The number of amides is 2. The Kier molecular flexibility index (Phi) is 10.4. The first-order valence-electron chi connectivity index (χ1n) is 10.6. The standard InChI is InChI=1S/C22H35N3O3S/c1-4-5-11-18(21-23-12-13-29-21)24-20(26)19(14-16(2)3)25-22(27)28-15-17-9-7-6-8-10-17/h6-10,16,18-19,21,23H,4-5,11-15H2,1-3H3,(H,24,26)(H,25,27)/t18?,19-,21?/m0/s1. The first-order valence-corrected chi connectivity index (χ1v) is 11.7. The quantitative estimate of drug-likeness (QED) is 0.508. The van der Waals surface area contributed by atoms with E-state index >= 15 is 0 Å². The van der Waals surface area contributed by atoms with Gasteiger partial charge in [0.15, 0.2) is 0 Å². The fourth-order valence-electron chi connectivity index (χ4n) is 3.32. The molecule has 0 spiro atoms. The molecule has 0 saturated carbocycles. The van der Waals surface area contributed by atoms with Gasteiger partial charge in [-0.3, -0.25) is 4.79 Å². The largest absolute Gasteiger partial charge is 0.445 e. The minimum absolute atomic E-state index is 0.0618. The second-order valence-corrected chi connectivity index (χ2v) is 9.14. The fraction of sp³-hybridized carbons (Fsp3) is 0.636. The Balaban J connectivity index is 1.93. The van der Waals surface area contributed by atoms with E-state index in [4.69, 9.17) is 4.74 Å². The molecule has 1 aliphatic heterocycles. The molecule has 1 aromatic rings. The molecule has 2 unspecified atom stereocenters. The summed E-state index contributed by atoms with van der Waals surface area (Å²) < 4.78 is 5.31. The summed E-state index contributed by atoms with van der Waals surface area (Å²) in [5.74, 6) is 1.20. The summed E-state index contributed by atoms with van der Waals surface area (Å²) in [4.78, 5) is 25.3. The SMILES string of the molecule is CCCCC(NC(=O)[C@H](CC(C)C)NC(=O)OCc1ccccc1)C1NCCS1. The molecule has 0 aromatic heterocycles. The highest BCUT2D eigenvalue weighted by Gasteiger charge is 2.30. The van der Waals surface area contributed by atoms with E-state index in [-0.39, 0.29) is 29.8 Å². The number of carbonyl (C=O) groups is 2. The van der Waals surface area contributed by atoms with Crippen LogP contribution in [0.3, 0.4) is 0 Å². The average Bonchev–Trinajstić information content (AvgIpc) is 3.24.